The van der Waals surface area contributed by atoms with Gasteiger partial charge >= 0.3 is 5.97 Å². The van der Waals surface area contributed by atoms with Crippen LogP contribution >= 0.6 is 0 Å². The van der Waals surface area contributed by atoms with Gasteiger partial charge in [0.2, 0.25) is 0 Å². The molecule has 0 fully saturated rings. The zero-order valence-corrected chi connectivity index (χ0v) is 18.8. The molecular weight excluding hydrogens is 390 g/mol. The number of hydrogen-bond acceptors (Lipinski definition) is 5. The topological polar surface area (TPSA) is 68.1 Å². The Balaban J connectivity index is 1.76. The third kappa shape index (κ3) is 9.24. The van der Waals surface area contributed by atoms with Crippen molar-refractivity contribution in [1.29, 1.82) is 0 Å². The van der Waals surface area contributed by atoms with E-state index in [2.05, 4.69) is 11.9 Å². The summed E-state index contributed by atoms with van der Waals surface area (Å²) in [5.74, 6) is 0.440. The highest BCUT2D eigenvalue weighted by atomic mass is 16.5. The molecule has 0 saturated carbocycles. The fourth-order valence-electron chi connectivity index (χ4n) is 3.19. The zero-order chi connectivity index (χ0) is 22.3. The largest absolute Gasteiger partial charge is 0.507 e. The maximum atomic E-state index is 11.7. The lowest BCUT2D eigenvalue weighted by Crippen LogP contribution is -2.03. The first-order valence-electron chi connectivity index (χ1n) is 11.4. The van der Waals surface area contributed by atoms with Gasteiger partial charge in [0.25, 0.3) is 0 Å². The molecule has 0 spiro atoms. The molecule has 0 aliphatic rings. The Kier molecular flexibility index (Phi) is 11.2. The second-order valence-corrected chi connectivity index (χ2v) is 7.57. The van der Waals surface area contributed by atoms with E-state index in [4.69, 9.17) is 9.47 Å². The van der Waals surface area contributed by atoms with Gasteiger partial charge in [-0.15, -0.1) is 0 Å². The number of unbranched alkanes of at least 4 members (excludes halogenated alkanes) is 7. The second-order valence-electron chi connectivity index (χ2n) is 7.57. The Bertz CT molecular complexity index is 815. The molecule has 0 heterocycles. The fourth-order valence-corrected chi connectivity index (χ4v) is 3.19. The summed E-state index contributed by atoms with van der Waals surface area (Å²) in [7, 11) is 0. The van der Waals surface area contributed by atoms with Gasteiger partial charge in [0.15, 0.2) is 0 Å². The van der Waals surface area contributed by atoms with E-state index in [1.807, 2.05) is 6.07 Å². The van der Waals surface area contributed by atoms with Gasteiger partial charge in [0.1, 0.15) is 11.5 Å². The lowest BCUT2D eigenvalue weighted by molar-refractivity contribution is 0.0526. The van der Waals surface area contributed by atoms with E-state index in [0.29, 0.717) is 35.8 Å². The molecule has 2 rings (SSSR count). The van der Waals surface area contributed by atoms with Gasteiger partial charge in [0, 0.05) is 17.8 Å². The van der Waals surface area contributed by atoms with Crippen LogP contribution in [0.5, 0.6) is 11.5 Å². The Labute approximate surface area is 186 Å². The number of carbonyl (C=O) groups excluding carboxylic acids is 1. The van der Waals surface area contributed by atoms with Crippen molar-refractivity contribution in [3.05, 3.63) is 53.6 Å². The molecule has 1 N–H and O–H groups in total. The van der Waals surface area contributed by atoms with Crippen LogP contribution in [0.4, 0.5) is 5.69 Å². The number of rotatable bonds is 14. The first kappa shape index (κ1) is 24.4. The number of phenolic OH excluding ortho intramolecular Hbond substituents is 1. The molecule has 0 saturated heterocycles. The maximum Gasteiger partial charge on any atom is 0.338 e. The summed E-state index contributed by atoms with van der Waals surface area (Å²) in [5, 5.41) is 10.3. The van der Waals surface area contributed by atoms with Crippen LogP contribution in [0.2, 0.25) is 0 Å². The van der Waals surface area contributed by atoms with E-state index in [1.165, 1.54) is 44.9 Å². The standard InChI is InChI=1S/C26H35NO4/c1-3-5-6-7-8-9-10-11-18-31-24-17-14-22(25(28)19-24)20-27-23-15-12-21(13-16-23)26(29)30-4-2/h12-17,19-20,28H,3-11,18H2,1-2H3. The SMILES string of the molecule is CCCCCCCCCCOc1ccc(C=Nc2ccc(C(=O)OCC)cc2)c(O)c1. The number of esters is 1. The van der Waals surface area contributed by atoms with E-state index >= 15 is 0 Å². The average molecular weight is 426 g/mol. The molecule has 0 radical (unpaired) electrons. The third-order valence-corrected chi connectivity index (χ3v) is 5.00. The smallest absolute Gasteiger partial charge is 0.338 e. The highest BCUT2D eigenvalue weighted by Gasteiger charge is 2.05. The van der Waals surface area contributed by atoms with Crippen molar-refractivity contribution in [3.8, 4) is 11.5 Å². The number of ether oxygens (including phenoxy) is 2. The van der Waals surface area contributed by atoms with Crippen molar-refractivity contribution in [2.75, 3.05) is 13.2 Å². The van der Waals surface area contributed by atoms with Crippen molar-refractivity contribution >= 4 is 17.9 Å². The van der Waals surface area contributed by atoms with Gasteiger partial charge < -0.3 is 14.6 Å². The van der Waals surface area contributed by atoms with E-state index in [-0.39, 0.29) is 11.7 Å². The molecule has 0 amide bonds. The lowest BCUT2D eigenvalue weighted by Gasteiger charge is -2.08. The Morgan fingerprint density at radius 3 is 2.26 bits per heavy atom. The van der Waals surface area contributed by atoms with E-state index in [9.17, 15) is 9.90 Å². The van der Waals surface area contributed by atoms with E-state index in [0.717, 1.165) is 6.42 Å². The third-order valence-electron chi connectivity index (χ3n) is 5.00. The van der Waals surface area contributed by atoms with Crippen LogP contribution in [0, 0.1) is 0 Å². The molecule has 2 aromatic rings. The molecule has 5 nitrogen and oxygen atoms in total. The Hall–Kier alpha value is -2.82. The summed E-state index contributed by atoms with van der Waals surface area (Å²) >= 11 is 0. The quantitative estimate of drug-likeness (QED) is 0.204. The molecular formula is C26H35NO4. The molecule has 0 aliphatic carbocycles. The maximum absolute atomic E-state index is 11.7. The summed E-state index contributed by atoms with van der Waals surface area (Å²) in [6.07, 6.45) is 11.7. The summed E-state index contributed by atoms with van der Waals surface area (Å²) in [5.41, 5.74) is 1.78. The van der Waals surface area contributed by atoms with Gasteiger partial charge in [-0.2, -0.15) is 0 Å². The minimum atomic E-state index is -0.349. The van der Waals surface area contributed by atoms with Crippen molar-refractivity contribution < 1.29 is 19.4 Å². The molecule has 31 heavy (non-hydrogen) atoms. The first-order chi connectivity index (χ1) is 15.1. The highest BCUT2D eigenvalue weighted by molar-refractivity contribution is 5.90. The number of aromatic hydroxyl groups is 1. The zero-order valence-electron chi connectivity index (χ0n) is 18.8. The van der Waals surface area contributed by atoms with Crippen LogP contribution < -0.4 is 4.74 Å². The molecule has 0 atom stereocenters. The first-order valence-corrected chi connectivity index (χ1v) is 11.4. The predicted octanol–water partition coefficient (Wildman–Crippen LogP) is 6.84. The van der Waals surface area contributed by atoms with Gasteiger partial charge in [-0.25, -0.2) is 4.79 Å². The summed E-state index contributed by atoms with van der Waals surface area (Å²) in [6.45, 7) is 5.02. The number of nitrogens with zero attached hydrogens (tertiary/aromatic N) is 1. The Morgan fingerprint density at radius 1 is 0.935 bits per heavy atom. The molecule has 0 bridgehead atoms. The van der Waals surface area contributed by atoms with Crippen molar-refractivity contribution in [3.63, 3.8) is 0 Å². The van der Waals surface area contributed by atoms with Gasteiger partial charge in [-0.3, -0.25) is 4.99 Å². The summed E-state index contributed by atoms with van der Waals surface area (Å²) in [6, 6.07) is 12.1. The van der Waals surface area contributed by atoms with E-state index < -0.39 is 0 Å². The van der Waals surface area contributed by atoms with Gasteiger partial charge in [-0.05, 0) is 49.7 Å². The average Bonchev–Trinajstić information content (AvgIpc) is 2.78. The number of benzene rings is 2. The van der Waals surface area contributed by atoms with Crippen molar-refractivity contribution in [1.82, 2.24) is 0 Å². The minimum Gasteiger partial charge on any atom is -0.507 e. The van der Waals surface area contributed by atoms with E-state index in [1.54, 1.807) is 49.5 Å². The van der Waals surface area contributed by atoms with Crippen molar-refractivity contribution in [2.45, 2.75) is 65.2 Å². The van der Waals surface area contributed by atoms with Crippen LogP contribution in [0.15, 0.2) is 47.5 Å². The highest BCUT2D eigenvalue weighted by Crippen LogP contribution is 2.24. The van der Waals surface area contributed by atoms with Crippen molar-refractivity contribution in [2.24, 2.45) is 4.99 Å². The molecule has 2 aromatic carbocycles. The number of carbonyl (C=O) groups is 1. The van der Waals surface area contributed by atoms with Crippen LogP contribution in [-0.2, 0) is 4.74 Å². The summed E-state index contributed by atoms with van der Waals surface area (Å²) in [4.78, 5) is 16.0. The fraction of sp³-hybridized carbons (Fsp3) is 0.462. The molecule has 0 unspecified atom stereocenters. The second kappa shape index (κ2) is 14.2. The van der Waals surface area contributed by atoms with Crippen LogP contribution in [0.3, 0.4) is 0 Å². The van der Waals surface area contributed by atoms with Gasteiger partial charge in [0.05, 0.1) is 24.5 Å². The Morgan fingerprint density at radius 2 is 1.61 bits per heavy atom. The minimum absolute atomic E-state index is 0.125. The normalized spacial score (nSPS) is 11.0. The molecule has 0 aliphatic heterocycles. The summed E-state index contributed by atoms with van der Waals surface area (Å²) < 4.78 is 10.7. The lowest BCUT2D eigenvalue weighted by atomic mass is 10.1. The molecule has 0 aromatic heterocycles. The number of phenols is 1. The number of aliphatic imine (C=N–C) groups is 1. The number of hydrogen-bond donors (Lipinski definition) is 1. The van der Waals surface area contributed by atoms with Crippen LogP contribution in [-0.4, -0.2) is 30.5 Å². The van der Waals surface area contributed by atoms with Crippen LogP contribution in [0.1, 0.15) is 81.1 Å². The van der Waals surface area contributed by atoms with Crippen LogP contribution in [0.25, 0.3) is 0 Å². The predicted molar refractivity (Wildman–Crippen MR) is 126 cm³/mol. The van der Waals surface area contributed by atoms with Gasteiger partial charge in [-0.1, -0.05) is 51.9 Å². The molecule has 168 valence electrons. The monoisotopic (exact) mass is 425 g/mol. The molecule has 5 heteroatoms.